The summed E-state index contributed by atoms with van der Waals surface area (Å²) in [6.45, 7) is 2.11. The van der Waals surface area contributed by atoms with Gasteiger partial charge in [-0.3, -0.25) is 0 Å². The van der Waals surface area contributed by atoms with Crippen LogP contribution in [0.4, 0.5) is 0 Å². The van der Waals surface area contributed by atoms with Crippen LogP contribution in [-0.4, -0.2) is 20.2 Å². The topological polar surface area (TPSA) is 60.2 Å². The van der Waals surface area contributed by atoms with E-state index in [9.17, 15) is 8.42 Å². The summed E-state index contributed by atoms with van der Waals surface area (Å²) in [5.74, 6) is 0.0651. The minimum Gasteiger partial charge on any atom is -0.330 e. The SMILES string of the molecule is CC(CCN)S(=O)(=O)Cc1ccccc1Br. The van der Waals surface area contributed by atoms with E-state index in [0.717, 1.165) is 10.0 Å². The van der Waals surface area contributed by atoms with Crippen molar-refractivity contribution in [2.45, 2.75) is 24.3 Å². The van der Waals surface area contributed by atoms with Crippen molar-refractivity contribution in [3.63, 3.8) is 0 Å². The third kappa shape index (κ3) is 3.57. The average Bonchev–Trinajstić information content (AvgIpc) is 2.21. The Hall–Kier alpha value is -0.390. The largest absolute Gasteiger partial charge is 0.330 e. The summed E-state index contributed by atoms with van der Waals surface area (Å²) in [5.41, 5.74) is 6.17. The molecule has 1 atom stereocenters. The first-order chi connectivity index (χ1) is 7.47. The van der Waals surface area contributed by atoms with Crippen LogP contribution in [0.3, 0.4) is 0 Å². The number of rotatable bonds is 5. The first-order valence-corrected chi connectivity index (χ1v) is 7.63. The van der Waals surface area contributed by atoms with E-state index in [1.165, 1.54) is 0 Å². The molecule has 1 aromatic rings. The Balaban J connectivity index is 2.85. The first-order valence-electron chi connectivity index (χ1n) is 5.12. The average molecular weight is 306 g/mol. The zero-order chi connectivity index (χ0) is 12.2. The van der Waals surface area contributed by atoms with Gasteiger partial charge in [0.25, 0.3) is 0 Å². The molecule has 0 radical (unpaired) electrons. The fraction of sp³-hybridized carbons (Fsp3) is 0.455. The normalized spacial score (nSPS) is 13.7. The van der Waals surface area contributed by atoms with Crippen LogP contribution in [0.15, 0.2) is 28.7 Å². The molecular formula is C11H16BrNO2S. The number of halogens is 1. The van der Waals surface area contributed by atoms with Crippen molar-refractivity contribution in [1.82, 2.24) is 0 Å². The molecular weight excluding hydrogens is 290 g/mol. The first kappa shape index (κ1) is 13.7. The predicted octanol–water partition coefficient (Wildman–Crippen LogP) is 2.10. The Morgan fingerprint density at radius 1 is 1.38 bits per heavy atom. The van der Waals surface area contributed by atoms with Gasteiger partial charge in [-0.1, -0.05) is 34.1 Å². The van der Waals surface area contributed by atoms with Gasteiger partial charge in [0, 0.05) is 4.47 Å². The lowest BCUT2D eigenvalue weighted by molar-refractivity contribution is 0.577. The Kier molecular flexibility index (Phi) is 4.95. The number of benzene rings is 1. The van der Waals surface area contributed by atoms with Gasteiger partial charge in [0.2, 0.25) is 0 Å². The van der Waals surface area contributed by atoms with Crippen molar-refractivity contribution < 1.29 is 8.42 Å². The quantitative estimate of drug-likeness (QED) is 0.906. The second kappa shape index (κ2) is 5.80. The van der Waals surface area contributed by atoms with Gasteiger partial charge < -0.3 is 5.73 Å². The molecule has 16 heavy (non-hydrogen) atoms. The van der Waals surface area contributed by atoms with Gasteiger partial charge in [0.1, 0.15) is 0 Å². The smallest absolute Gasteiger partial charge is 0.157 e. The molecule has 0 aliphatic rings. The van der Waals surface area contributed by atoms with E-state index in [2.05, 4.69) is 15.9 Å². The van der Waals surface area contributed by atoms with E-state index < -0.39 is 9.84 Å². The highest BCUT2D eigenvalue weighted by molar-refractivity contribution is 9.10. The maximum atomic E-state index is 12.0. The number of hydrogen-bond donors (Lipinski definition) is 1. The molecule has 1 rings (SSSR count). The lowest BCUT2D eigenvalue weighted by Gasteiger charge is -2.12. The Morgan fingerprint density at radius 3 is 2.56 bits per heavy atom. The molecule has 0 amide bonds. The van der Waals surface area contributed by atoms with E-state index in [-0.39, 0.29) is 11.0 Å². The van der Waals surface area contributed by atoms with Crippen LogP contribution in [-0.2, 0) is 15.6 Å². The molecule has 3 nitrogen and oxygen atoms in total. The van der Waals surface area contributed by atoms with Crippen LogP contribution in [0.25, 0.3) is 0 Å². The maximum Gasteiger partial charge on any atom is 0.157 e. The lowest BCUT2D eigenvalue weighted by Crippen LogP contribution is -2.22. The molecule has 0 aliphatic carbocycles. The molecule has 0 saturated heterocycles. The molecule has 5 heteroatoms. The lowest BCUT2D eigenvalue weighted by atomic mass is 10.2. The second-order valence-electron chi connectivity index (χ2n) is 3.79. The van der Waals surface area contributed by atoms with Gasteiger partial charge in [0.15, 0.2) is 9.84 Å². The Bertz CT molecular complexity index is 445. The summed E-state index contributed by atoms with van der Waals surface area (Å²) >= 11 is 3.35. The Morgan fingerprint density at radius 2 is 2.00 bits per heavy atom. The van der Waals surface area contributed by atoms with E-state index in [1.54, 1.807) is 6.92 Å². The summed E-state index contributed by atoms with van der Waals surface area (Å²) in [6.07, 6.45) is 0.507. The van der Waals surface area contributed by atoms with Crippen molar-refractivity contribution in [3.05, 3.63) is 34.3 Å². The zero-order valence-corrected chi connectivity index (χ0v) is 11.6. The predicted molar refractivity (Wildman–Crippen MR) is 69.9 cm³/mol. The third-order valence-electron chi connectivity index (χ3n) is 2.50. The summed E-state index contributed by atoms with van der Waals surface area (Å²) in [6, 6.07) is 7.36. The molecule has 1 aromatic carbocycles. The van der Waals surface area contributed by atoms with Gasteiger partial charge in [-0.15, -0.1) is 0 Å². The highest BCUT2D eigenvalue weighted by Gasteiger charge is 2.21. The standard InChI is InChI=1S/C11H16BrNO2S/c1-9(6-7-13)16(14,15)8-10-4-2-3-5-11(10)12/h2-5,9H,6-8,13H2,1H3. The van der Waals surface area contributed by atoms with Crippen LogP contribution in [0, 0.1) is 0 Å². The van der Waals surface area contributed by atoms with E-state index in [1.807, 2.05) is 24.3 Å². The minimum atomic E-state index is -3.11. The van der Waals surface area contributed by atoms with Gasteiger partial charge in [-0.05, 0) is 31.5 Å². The van der Waals surface area contributed by atoms with Crippen molar-refractivity contribution in [2.75, 3.05) is 6.54 Å². The van der Waals surface area contributed by atoms with E-state index in [4.69, 9.17) is 5.73 Å². The maximum absolute atomic E-state index is 12.0. The molecule has 90 valence electrons. The highest BCUT2D eigenvalue weighted by Crippen LogP contribution is 2.20. The van der Waals surface area contributed by atoms with Gasteiger partial charge >= 0.3 is 0 Å². The fourth-order valence-electron chi connectivity index (χ4n) is 1.39. The van der Waals surface area contributed by atoms with Crippen molar-refractivity contribution >= 4 is 25.8 Å². The molecule has 2 N–H and O–H groups in total. The number of sulfone groups is 1. The van der Waals surface area contributed by atoms with Crippen molar-refractivity contribution in [1.29, 1.82) is 0 Å². The molecule has 0 bridgehead atoms. The monoisotopic (exact) mass is 305 g/mol. The van der Waals surface area contributed by atoms with Crippen LogP contribution >= 0.6 is 15.9 Å². The van der Waals surface area contributed by atoms with Crippen LogP contribution < -0.4 is 5.73 Å². The zero-order valence-electron chi connectivity index (χ0n) is 9.19. The van der Waals surface area contributed by atoms with Gasteiger partial charge in [-0.25, -0.2) is 8.42 Å². The molecule has 1 unspecified atom stereocenters. The molecule has 0 heterocycles. The van der Waals surface area contributed by atoms with Crippen molar-refractivity contribution in [3.8, 4) is 0 Å². The Labute approximate surface area is 105 Å². The summed E-state index contributed by atoms with van der Waals surface area (Å²) in [5, 5.41) is -0.385. The summed E-state index contributed by atoms with van der Waals surface area (Å²) < 4.78 is 24.8. The van der Waals surface area contributed by atoms with E-state index in [0.29, 0.717) is 13.0 Å². The van der Waals surface area contributed by atoms with Crippen LogP contribution in [0.2, 0.25) is 0 Å². The van der Waals surface area contributed by atoms with Gasteiger partial charge in [0.05, 0.1) is 11.0 Å². The minimum absolute atomic E-state index is 0.0651. The molecule has 0 fully saturated rings. The van der Waals surface area contributed by atoms with Crippen LogP contribution in [0.5, 0.6) is 0 Å². The van der Waals surface area contributed by atoms with E-state index >= 15 is 0 Å². The second-order valence-corrected chi connectivity index (χ2v) is 7.06. The summed E-state index contributed by atoms with van der Waals surface area (Å²) in [4.78, 5) is 0. The van der Waals surface area contributed by atoms with Gasteiger partial charge in [-0.2, -0.15) is 0 Å². The van der Waals surface area contributed by atoms with Crippen LogP contribution in [0.1, 0.15) is 18.9 Å². The van der Waals surface area contributed by atoms with Crippen molar-refractivity contribution in [2.24, 2.45) is 5.73 Å². The molecule has 0 aromatic heterocycles. The number of hydrogen-bond acceptors (Lipinski definition) is 3. The third-order valence-corrected chi connectivity index (χ3v) is 5.45. The fourth-order valence-corrected chi connectivity index (χ4v) is 3.46. The summed E-state index contributed by atoms with van der Waals surface area (Å²) in [7, 11) is -3.11. The molecule has 0 spiro atoms. The molecule has 0 saturated carbocycles. The molecule has 0 aliphatic heterocycles. The number of nitrogens with two attached hydrogens (primary N) is 1. The highest BCUT2D eigenvalue weighted by atomic mass is 79.9.